The summed E-state index contributed by atoms with van der Waals surface area (Å²) in [4.78, 5) is 12.3. The zero-order chi connectivity index (χ0) is 9.84. The lowest BCUT2D eigenvalue weighted by Gasteiger charge is -2.04. The van der Waals surface area contributed by atoms with E-state index in [4.69, 9.17) is 17.3 Å². The van der Waals surface area contributed by atoms with Crippen LogP contribution in [0.2, 0.25) is 5.02 Å². The van der Waals surface area contributed by atoms with E-state index < -0.39 is 0 Å². The third kappa shape index (κ3) is 3.17. The molecular weight excluding hydrogens is 241 g/mol. The Bertz CT molecular complexity index is 331. The van der Waals surface area contributed by atoms with Gasteiger partial charge in [0.1, 0.15) is 0 Å². The van der Waals surface area contributed by atoms with Gasteiger partial charge in [0.25, 0.3) is 0 Å². The van der Waals surface area contributed by atoms with E-state index in [-0.39, 0.29) is 24.7 Å². The number of carbonyl (C=O) groups is 1. The fraction of sp³-hybridized carbons (Fsp3) is 0.222. The van der Waals surface area contributed by atoms with Gasteiger partial charge in [0.05, 0.1) is 6.54 Å². The molecule has 0 spiro atoms. The van der Waals surface area contributed by atoms with Gasteiger partial charge in [-0.05, 0) is 24.5 Å². The number of nitrogens with two attached hydrogens (primary N) is 1. The molecule has 1 aromatic rings. The molecule has 0 unspecified atom stereocenters. The minimum Gasteiger partial charge on any atom is -0.324 e. The highest BCUT2D eigenvalue weighted by atomic mass is 35.5. The summed E-state index contributed by atoms with van der Waals surface area (Å²) in [6.45, 7) is 0.0217. The molecule has 0 aliphatic carbocycles. The van der Waals surface area contributed by atoms with Gasteiger partial charge in [0.15, 0.2) is 5.78 Å². The minimum atomic E-state index is -0.0770. The van der Waals surface area contributed by atoms with Crippen molar-refractivity contribution < 1.29 is 4.79 Å². The number of halogens is 2. The molecule has 5 heteroatoms. The zero-order valence-corrected chi connectivity index (χ0v) is 10.0. The molecule has 14 heavy (non-hydrogen) atoms. The van der Waals surface area contributed by atoms with Crippen LogP contribution in [0.15, 0.2) is 23.1 Å². The number of Topliss-reactive ketones (excluding diaryl/α,β-unsaturated/α-hetero) is 1. The molecule has 0 aliphatic rings. The van der Waals surface area contributed by atoms with E-state index in [1.54, 1.807) is 12.1 Å². The monoisotopic (exact) mass is 251 g/mol. The summed E-state index contributed by atoms with van der Waals surface area (Å²) >= 11 is 7.29. The second-order valence-electron chi connectivity index (χ2n) is 2.47. The van der Waals surface area contributed by atoms with Gasteiger partial charge in [0, 0.05) is 15.5 Å². The van der Waals surface area contributed by atoms with Gasteiger partial charge in [-0.25, -0.2) is 0 Å². The topological polar surface area (TPSA) is 43.1 Å². The molecule has 0 atom stereocenters. The number of ketones is 1. The molecule has 0 saturated heterocycles. The summed E-state index contributed by atoms with van der Waals surface area (Å²) in [7, 11) is 0. The molecule has 0 aliphatic heterocycles. The van der Waals surface area contributed by atoms with Gasteiger partial charge in [-0.1, -0.05) is 11.6 Å². The SMILES string of the molecule is CSc1ccc(Cl)cc1C(=O)CN.Cl. The molecule has 0 bridgehead atoms. The van der Waals surface area contributed by atoms with Gasteiger partial charge in [-0.15, -0.1) is 24.2 Å². The Morgan fingerprint density at radius 1 is 1.57 bits per heavy atom. The first kappa shape index (κ1) is 13.8. The van der Waals surface area contributed by atoms with Crippen LogP contribution in [0.5, 0.6) is 0 Å². The van der Waals surface area contributed by atoms with Crippen molar-refractivity contribution in [3.63, 3.8) is 0 Å². The van der Waals surface area contributed by atoms with E-state index in [1.807, 2.05) is 12.3 Å². The largest absolute Gasteiger partial charge is 0.324 e. The molecule has 0 amide bonds. The Hall–Kier alpha value is -0.220. The second kappa shape index (κ2) is 6.30. The first-order valence-corrected chi connectivity index (χ1v) is 5.36. The van der Waals surface area contributed by atoms with Crippen molar-refractivity contribution in [2.24, 2.45) is 5.73 Å². The maximum Gasteiger partial charge on any atom is 0.177 e. The summed E-state index contributed by atoms with van der Waals surface area (Å²) in [6, 6.07) is 5.25. The van der Waals surface area contributed by atoms with Crippen molar-refractivity contribution in [2.75, 3.05) is 12.8 Å². The third-order valence-electron chi connectivity index (χ3n) is 1.65. The number of hydrogen-bond acceptors (Lipinski definition) is 3. The van der Waals surface area contributed by atoms with Crippen LogP contribution >= 0.6 is 35.8 Å². The highest BCUT2D eigenvalue weighted by Crippen LogP contribution is 2.23. The van der Waals surface area contributed by atoms with Gasteiger partial charge in [-0.3, -0.25) is 4.79 Å². The summed E-state index contributed by atoms with van der Waals surface area (Å²) < 4.78 is 0. The molecular formula is C9H11Cl2NOS. The Morgan fingerprint density at radius 3 is 2.71 bits per heavy atom. The van der Waals surface area contributed by atoms with E-state index in [9.17, 15) is 4.79 Å². The van der Waals surface area contributed by atoms with Gasteiger partial charge in [0.2, 0.25) is 0 Å². The molecule has 78 valence electrons. The first-order valence-electron chi connectivity index (χ1n) is 3.76. The van der Waals surface area contributed by atoms with Crippen LogP contribution in [-0.4, -0.2) is 18.6 Å². The first-order chi connectivity index (χ1) is 6.19. The number of hydrogen-bond donors (Lipinski definition) is 1. The number of rotatable bonds is 3. The van der Waals surface area contributed by atoms with Crippen molar-refractivity contribution in [3.8, 4) is 0 Å². The summed E-state index contributed by atoms with van der Waals surface area (Å²) in [5.41, 5.74) is 5.89. The lowest BCUT2D eigenvalue weighted by Crippen LogP contribution is -2.14. The minimum absolute atomic E-state index is 0. The number of carbonyl (C=O) groups excluding carboxylic acids is 1. The van der Waals surface area contributed by atoms with Crippen LogP contribution in [0.3, 0.4) is 0 Å². The van der Waals surface area contributed by atoms with Crippen LogP contribution in [-0.2, 0) is 0 Å². The maximum atomic E-state index is 11.3. The maximum absolute atomic E-state index is 11.3. The fourth-order valence-corrected chi connectivity index (χ4v) is 1.78. The number of thioether (sulfide) groups is 1. The van der Waals surface area contributed by atoms with Crippen LogP contribution in [0.1, 0.15) is 10.4 Å². The van der Waals surface area contributed by atoms with Crippen molar-refractivity contribution >= 4 is 41.6 Å². The molecule has 0 fully saturated rings. The molecule has 0 aromatic heterocycles. The molecule has 1 aromatic carbocycles. The van der Waals surface area contributed by atoms with E-state index in [2.05, 4.69) is 0 Å². The molecule has 2 nitrogen and oxygen atoms in total. The summed E-state index contributed by atoms with van der Waals surface area (Å²) in [5.74, 6) is -0.0770. The quantitative estimate of drug-likeness (QED) is 0.664. The molecule has 0 radical (unpaired) electrons. The standard InChI is InChI=1S/C9H10ClNOS.ClH/c1-13-9-3-2-6(10)4-7(9)8(12)5-11;/h2-4H,5,11H2,1H3;1H. The highest BCUT2D eigenvalue weighted by molar-refractivity contribution is 7.98. The third-order valence-corrected chi connectivity index (χ3v) is 2.68. The predicted molar refractivity (Wildman–Crippen MR) is 63.9 cm³/mol. The lowest BCUT2D eigenvalue weighted by molar-refractivity contribution is 0.0998. The average Bonchev–Trinajstić information content (AvgIpc) is 2.16. The van der Waals surface area contributed by atoms with Crippen LogP contribution in [0.25, 0.3) is 0 Å². The summed E-state index contributed by atoms with van der Waals surface area (Å²) in [6.07, 6.45) is 1.91. The molecule has 2 N–H and O–H groups in total. The number of benzene rings is 1. The molecule has 0 heterocycles. The lowest BCUT2D eigenvalue weighted by atomic mass is 10.1. The van der Waals surface area contributed by atoms with Crippen LogP contribution in [0, 0.1) is 0 Å². The molecule has 1 rings (SSSR count). The van der Waals surface area contributed by atoms with E-state index in [1.165, 1.54) is 11.8 Å². The Kier molecular flexibility index (Phi) is 6.20. The Morgan fingerprint density at radius 2 is 2.21 bits per heavy atom. The predicted octanol–water partition coefficient (Wildman–Crippen LogP) is 2.63. The van der Waals surface area contributed by atoms with E-state index in [0.29, 0.717) is 10.6 Å². The zero-order valence-electron chi connectivity index (χ0n) is 7.62. The van der Waals surface area contributed by atoms with Crippen molar-refractivity contribution in [1.82, 2.24) is 0 Å². The van der Waals surface area contributed by atoms with Crippen molar-refractivity contribution in [1.29, 1.82) is 0 Å². The average molecular weight is 252 g/mol. The van der Waals surface area contributed by atoms with Crippen LogP contribution < -0.4 is 5.73 Å². The van der Waals surface area contributed by atoms with E-state index in [0.717, 1.165) is 4.90 Å². The Balaban J connectivity index is 0.00000169. The normalized spacial score (nSPS) is 9.36. The second-order valence-corrected chi connectivity index (χ2v) is 3.76. The smallest absolute Gasteiger partial charge is 0.177 e. The van der Waals surface area contributed by atoms with Crippen molar-refractivity contribution in [2.45, 2.75) is 4.90 Å². The van der Waals surface area contributed by atoms with E-state index >= 15 is 0 Å². The summed E-state index contributed by atoms with van der Waals surface area (Å²) in [5, 5.41) is 0.564. The van der Waals surface area contributed by atoms with Crippen molar-refractivity contribution in [3.05, 3.63) is 28.8 Å². The van der Waals surface area contributed by atoms with Gasteiger partial charge in [-0.2, -0.15) is 0 Å². The van der Waals surface area contributed by atoms with Gasteiger partial charge < -0.3 is 5.73 Å². The highest BCUT2D eigenvalue weighted by Gasteiger charge is 2.09. The molecule has 0 saturated carbocycles. The van der Waals surface area contributed by atoms with Crippen LogP contribution in [0.4, 0.5) is 0 Å². The van der Waals surface area contributed by atoms with Gasteiger partial charge >= 0.3 is 0 Å². The fourth-order valence-electron chi connectivity index (χ4n) is 1.01. The Labute approximate surface area is 98.6 Å².